The van der Waals surface area contributed by atoms with Crippen LogP contribution < -0.4 is 25.6 Å². The lowest BCUT2D eigenvalue weighted by atomic mass is 10.0. The van der Waals surface area contributed by atoms with Crippen molar-refractivity contribution in [1.82, 2.24) is 16.2 Å². The summed E-state index contributed by atoms with van der Waals surface area (Å²) in [5.74, 6) is 1.39. The molecule has 7 heteroatoms. The smallest absolute Gasteiger partial charge is 0.238 e. The van der Waals surface area contributed by atoms with Crippen LogP contribution in [0, 0.1) is 0 Å². The molecule has 0 spiro atoms. The molecule has 1 aliphatic rings. The number of hydrogen-bond acceptors (Lipinski definition) is 5. The average molecular weight is 420 g/mol. The van der Waals surface area contributed by atoms with Crippen LogP contribution in [0.5, 0.6) is 11.5 Å². The van der Waals surface area contributed by atoms with Gasteiger partial charge < -0.3 is 14.8 Å². The van der Waals surface area contributed by atoms with Gasteiger partial charge in [-0.2, -0.15) is 0 Å². The fraction of sp³-hybridized carbons (Fsp3) is 0.316. The standard InChI is InChI=1S/C19H22BrN3O3/c1-25-15-7-8-18(26-2)13(9-15)11-21-19(24)17-10-16(22-23-17)12-3-5-14(20)6-4-12/h3-9,16-17,22-23H,10-11H2,1-2H3,(H,21,24). The number of hydrazine groups is 1. The highest BCUT2D eigenvalue weighted by Gasteiger charge is 2.30. The van der Waals surface area contributed by atoms with Crippen molar-refractivity contribution in [3.8, 4) is 11.5 Å². The van der Waals surface area contributed by atoms with Gasteiger partial charge in [0, 0.05) is 22.6 Å². The first-order chi connectivity index (χ1) is 12.6. The molecule has 2 unspecified atom stereocenters. The minimum Gasteiger partial charge on any atom is -0.497 e. The number of benzene rings is 2. The molecular formula is C19H22BrN3O3. The van der Waals surface area contributed by atoms with Gasteiger partial charge >= 0.3 is 0 Å². The Morgan fingerprint density at radius 3 is 2.62 bits per heavy atom. The molecule has 3 rings (SSSR count). The lowest BCUT2D eigenvalue weighted by Gasteiger charge is -2.14. The summed E-state index contributed by atoms with van der Waals surface area (Å²) in [5, 5.41) is 2.96. The molecule has 138 valence electrons. The van der Waals surface area contributed by atoms with E-state index in [1.54, 1.807) is 14.2 Å². The maximum absolute atomic E-state index is 12.5. The lowest BCUT2D eigenvalue weighted by Crippen LogP contribution is -2.42. The molecule has 0 bridgehead atoms. The van der Waals surface area contributed by atoms with Crippen LogP contribution in [0.15, 0.2) is 46.9 Å². The maximum atomic E-state index is 12.5. The monoisotopic (exact) mass is 419 g/mol. The molecule has 0 radical (unpaired) electrons. The van der Waals surface area contributed by atoms with Crippen LogP contribution in [0.3, 0.4) is 0 Å². The van der Waals surface area contributed by atoms with Gasteiger partial charge in [-0.25, -0.2) is 10.9 Å². The fourth-order valence-corrected chi connectivity index (χ4v) is 3.23. The van der Waals surface area contributed by atoms with E-state index in [-0.39, 0.29) is 18.0 Å². The highest BCUT2D eigenvalue weighted by atomic mass is 79.9. The zero-order chi connectivity index (χ0) is 18.5. The van der Waals surface area contributed by atoms with Crippen LogP contribution in [-0.2, 0) is 11.3 Å². The Kier molecular flexibility index (Phi) is 6.13. The highest BCUT2D eigenvalue weighted by molar-refractivity contribution is 9.10. The second-order valence-electron chi connectivity index (χ2n) is 6.08. The first kappa shape index (κ1) is 18.7. The van der Waals surface area contributed by atoms with E-state index in [4.69, 9.17) is 9.47 Å². The van der Waals surface area contributed by atoms with Gasteiger partial charge in [0.2, 0.25) is 5.91 Å². The van der Waals surface area contributed by atoms with Gasteiger partial charge in [-0.3, -0.25) is 4.79 Å². The Labute approximate surface area is 161 Å². The van der Waals surface area contributed by atoms with E-state index < -0.39 is 0 Å². The van der Waals surface area contributed by atoms with Crippen molar-refractivity contribution >= 4 is 21.8 Å². The Hall–Kier alpha value is -2.09. The average Bonchev–Trinajstić information content (AvgIpc) is 3.16. The van der Waals surface area contributed by atoms with Crippen LogP contribution in [0.1, 0.15) is 23.6 Å². The van der Waals surface area contributed by atoms with E-state index in [0.29, 0.717) is 13.0 Å². The predicted molar refractivity (Wildman–Crippen MR) is 103 cm³/mol. The highest BCUT2D eigenvalue weighted by Crippen LogP contribution is 2.25. The van der Waals surface area contributed by atoms with Crippen molar-refractivity contribution in [2.24, 2.45) is 0 Å². The molecule has 2 aromatic carbocycles. The van der Waals surface area contributed by atoms with Crippen molar-refractivity contribution in [1.29, 1.82) is 0 Å². The minimum absolute atomic E-state index is 0.0537. The first-order valence-electron chi connectivity index (χ1n) is 8.36. The van der Waals surface area contributed by atoms with Gasteiger partial charge in [0.05, 0.1) is 14.2 Å². The van der Waals surface area contributed by atoms with E-state index in [2.05, 4.69) is 32.1 Å². The largest absolute Gasteiger partial charge is 0.497 e. The molecule has 1 heterocycles. The van der Waals surface area contributed by atoms with Crippen LogP contribution in [0.2, 0.25) is 0 Å². The van der Waals surface area contributed by atoms with Crippen molar-refractivity contribution in [3.05, 3.63) is 58.1 Å². The molecule has 2 atom stereocenters. The first-order valence-corrected chi connectivity index (χ1v) is 9.15. The topological polar surface area (TPSA) is 71.6 Å². The van der Waals surface area contributed by atoms with E-state index in [9.17, 15) is 4.79 Å². The van der Waals surface area contributed by atoms with Gasteiger partial charge in [-0.05, 0) is 42.3 Å². The molecular weight excluding hydrogens is 398 g/mol. The van der Waals surface area contributed by atoms with Gasteiger partial charge in [0.15, 0.2) is 0 Å². The van der Waals surface area contributed by atoms with Gasteiger partial charge in [0.1, 0.15) is 17.5 Å². The number of ether oxygens (including phenoxy) is 2. The predicted octanol–water partition coefficient (Wildman–Crippen LogP) is 2.69. The molecule has 1 aliphatic heterocycles. The molecule has 0 aromatic heterocycles. The molecule has 1 fully saturated rings. The Morgan fingerprint density at radius 2 is 1.92 bits per heavy atom. The number of amides is 1. The number of carbonyl (C=O) groups excluding carboxylic acids is 1. The van der Waals surface area contributed by atoms with Crippen molar-refractivity contribution in [2.45, 2.75) is 25.0 Å². The van der Waals surface area contributed by atoms with Crippen molar-refractivity contribution in [2.75, 3.05) is 14.2 Å². The lowest BCUT2D eigenvalue weighted by molar-refractivity contribution is -0.123. The molecule has 0 aliphatic carbocycles. The van der Waals surface area contributed by atoms with Crippen LogP contribution in [0.25, 0.3) is 0 Å². The summed E-state index contributed by atoms with van der Waals surface area (Å²) in [6.45, 7) is 0.375. The summed E-state index contributed by atoms with van der Waals surface area (Å²) in [7, 11) is 3.22. The second kappa shape index (κ2) is 8.53. The van der Waals surface area contributed by atoms with Gasteiger partial charge in [0.25, 0.3) is 0 Å². The van der Waals surface area contributed by atoms with E-state index >= 15 is 0 Å². The van der Waals surface area contributed by atoms with E-state index in [1.165, 1.54) is 0 Å². The number of halogens is 1. The summed E-state index contributed by atoms with van der Waals surface area (Å²) in [6, 6.07) is 13.4. The Bertz CT molecular complexity index is 767. The summed E-state index contributed by atoms with van der Waals surface area (Å²) in [4.78, 5) is 12.5. The van der Waals surface area contributed by atoms with Crippen molar-refractivity contribution < 1.29 is 14.3 Å². The SMILES string of the molecule is COc1ccc(OC)c(CNC(=O)C2CC(c3ccc(Br)cc3)NN2)c1. The third-order valence-electron chi connectivity index (χ3n) is 4.43. The zero-order valence-corrected chi connectivity index (χ0v) is 16.3. The zero-order valence-electron chi connectivity index (χ0n) is 14.7. The molecule has 2 aromatic rings. The van der Waals surface area contributed by atoms with Gasteiger partial charge in [-0.15, -0.1) is 0 Å². The fourth-order valence-electron chi connectivity index (χ4n) is 2.97. The molecule has 6 nitrogen and oxygen atoms in total. The van der Waals surface area contributed by atoms with Crippen LogP contribution in [0.4, 0.5) is 0 Å². The van der Waals surface area contributed by atoms with E-state index in [1.807, 2.05) is 42.5 Å². The number of nitrogens with one attached hydrogen (secondary N) is 3. The quantitative estimate of drug-likeness (QED) is 0.671. The van der Waals surface area contributed by atoms with Crippen LogP contribution >= 0.6 is 15.9 Å². The maximum Gasteiger partial charge on any atom is 0.238 e. The van der Waals surface area contributed by atoms with Crippen molar-refractivity contribution in [3.63, 3.8) is 0 Å². The minimum atomic E-state index is -0.291. The second-order valence-corrected chi connectivity index (χ2v) is 6.99. The summed E-state index contributed by atoms with van der Waals surface area (Å²) < 4.78 is 11.6. The summed E-state index contributed by atoms with van der Waals surface area (Å²) >= 11 is 3.43. The van der Waals surface area contributed by atoms with Crippen LogP contribution in [-0.4, -0.2) is 26.2 Å². The number of rotatable bonds is 6. The molecule has 1 saturated heterocycles. The molecule has 0 saturated carbocycles. The molecule has 3 N–H and O–H groups in total. The van der Waals surface area contributed by atoms with Gasteiger partial charge in [-0.1, -0.05) is 28.1 Å². The summed E-state index contributed by atoms with van der Waals surface area (Å²) in [6.07, 6.45) is 0.683. The summed E-state index contributed by atoms with van der Waals surface area (Å²) in [5.41, 5.74) is 8.28. The number of methoxy groups -OCH3 is 2. The molecule has 1 amide bonds. The normalized spacial score (nSPS) is 19.2. The number of hydrogen-bond donors (Lipinski definition) is 3. The third-order valence-corrected chi connectivity index (χ3v) is 4.96. The number of carbonyl (C=O) groups is 1. The molecule has 26 heavy (non-hydrogen) atoms. The Balaban J connectivity index is 1.58. The Morgan fingerprint density at radius 1 is 1.15 bits per heavy atom. The third kappa shape index (κ3) is 4.35. The van der Waals surface area contributed by atoms with E-state index in [0.717, 1.165) is 27.1 Å².